The minimum atomic E-state index is -2.95. The van der Waals surface area contributed by atoms with Crippen LogP contribution in [0.15, 0.2) is 18.5 Å². The summed E-state index contributed by atoms with van der Waals surface area (Å²) in [5.74, 6) is -0.359. The number of alkyl halides is 2. The second-order valence-corrected chi connectivity index (χ2v) is 5.54. The predicted molar refractivity (Wildman–Crippen MR) is 93.3 cm³/mol. The summed E-state index contributed by atoms with van der Waals surface area (Å²) in [6.07, 6.45) is 2.40. The molecule has 1 radical (unpaired) electrons. The first-order chi connectivity index (χ1) is 11.7. The predicted octanol–water partition coefficient (Wildman–Crippen LogP) is 6.45. The summed E-state index contributed by atoms with van der Waals surface area (Å²) in [6, 6.07) is 1.17. The third-order valence-electron chi connectivity index (χ3n) is 3.00. The van der Waals surface area contributed by atoms with E-state index in [0.717, 1.165) is 11.9 Å². The van der Waals surface area contributed by atoms with Crippen LogP contribution in [0, 0.1) is 6.92 Å². The van der Waals surface area contributed by atoms with E-state index in [1.807, 2.05) is 13.8 Å². The first-order valence-electron chi connectivity index (χ1n) is 6.88. The van der Waals surface area contributed by atoms with E-state index in [1.54, 1.807) is 7.11 Å². The van der Waals surface area contributed by atoms with Gasteiger partial charge in [-0.2, -0.15) is 8.78 Å². The van der Waals surface area contributed by atoms with Crippen molar-refractivity contribution in [2.45, 2.75) is 26.6 Å². The average Bonchev–Trinajstić information content (AvgIpc) is 2.54. The molecule has 26 heavy (non-hydrogen) atoms. The first-order valence-corrected chi connectivity index (χ1v) is 7.64. The first kappa shape index (κ1) is 25.2. The van der Waals surface area contributed by atoms with Crippen LogP contribution in [-0.2, 0) is 37.4 Å². The Morgan fingerprint density at radius 3 is 2.27 bits per heavy atom. The Balaban J connectivity index is 0.000000464. The number of halogens is 4. The minimum absolute atomic E-state index is 0. The summed E-state index contributed by atoms with van der Waals surface area (Å²) in [5, 5.41) is 0.435. The number of rotatable bonds is 4. The molecule has 0 spiro atoms. The monoisotopic (exact) mass is 481 g/mol. The second kappa shape index (κ2) is 11.8. The van der Waals surface area contributed by atoms with Gasteiger partial charge in [0.25, 0.3) is 0 Å². The quantitative estimate of drug-likeness (QED) is 0.501. The molecular weight excluding hydrogens is 466 g/mol. The van der Waals surface area contributed by atoms with E-state index in [-0.39, 0.29) is 55.4 Å². The number of hydrogen-bond donors (Lipinski definition) is 0. The maximum Gasteiger partial charge on any atom is 0.388 e. The number of hydrogen-bond acceptors (Lipinski definition) is 4. The normalized spacial score (nSPS) is 11.2. The SMILES string of the molecule is COC(C)c1c([NH-])cnc(C)c1Cl.[NH-]c1cnc(OC(F)F)c(Cl)c1.[Y]. The van der Waals surface area contributed by atoms with Gasteiger partial charge in [0.2, 0.25) is 5.88 Å². The summed E-state index contributed by atoms with van der Waals surface area (Å²) in [4.78, 5) is 7.38. The standard InChI is InChI=1S/C9H12ClN2O.C6H4ClF2N2O.Y/c1-5-9(10)8(6(2)13-3)7(11)4-12-5;7-4-1-3(10)2-11-5(4)12-6(8)9;/h4,6,11H,1-3H3;1-2,6,10H;/q2*-1;. The molecule has 1 atom stereocenters. The Bertz CT molecular complexity index is 726. The number of nitrogens with one attached hydrogen (secondary N) is 2. The maximum absolute atomic E-state index is 11.6. The molecule has 2 N–H and O–H groups in total. The number of pyridine rings is 2. The van der Waals surface area contributed by atoms with E-state index in [9.17, 15) is 8.78 Å². The molecule has 2 rings (SSSR count). The summed E-state index contributed by atoms with van der Waals surface area (Å²) in [7, 11) is 1.59. The largest absolute Gasteiger partial charge is 0.697 e. The van der Waals surface area contributed by atoms with Crippen LogP contribution in [0.5, 0.6) is 5.88 Å². The van der Waals surface area contributed by atoms with Crippen molar-refractivity contribution in [3.05, 3.63) is 51.2 Å². The zero-order chi connectivity index (χ0) is 19.1. The van der Waals surface area contributed by atoms with Gasteiger partial charge in [-0.15, -0.1) is 11.4 Å². The van der Waals surface area contributed by atoms with E-state index in [1.165, 1.54) is 12.3 Å². The smallest absolute Gasteiger partial charge is 0.388 e. The molecule has 0 bridgehead atoms. The molecule has 0 aromatic carbocycles. The Hall–Kier alpha value is -0.796. The van der Waals surface area contributed by atoms with E-state index >= 15 is 0 Å². The van der Waals surface area contributed by atoms with Crippen LogP contribution in [0.1, 0.15) is 24.3 Å². The van der Waals surface area contributed by atoms with Gasteiger partial charge in [-0.3, -0.25) is 4.98 Å². The zero-order valence-corrected chi connectivity index (χ0v) is 18.5. The van der Waals surface area contributed by atoms with Gasteiger partial charge in [0.05, 0.1) is 16.8 Å². The summed E-state index contributed by atoms with van der Waals surface area (Å²) >= 11 is 11.4. The van der Waals surface area contributed by atoms with Crippen LogP contribution in [-0.4, -0.2) is 23.7 Å². The van der Waals surface area contributed by atoms with Gasteiger partial charge in [-0.05, 0) is 19.4 Å². The molecule has 11 heteroatoms. The number of aromatic nitrogens is 2. The van der Waals surface area contributed by atoms with Crippen molar-refractivity contribution in [2.75, 3.05) is 7.11 Å². The number of aryl methyl sites for hydroxylation is 1. The number of methoxy groups -OCH3 is 1. The van der Waals surface area contributed by atoms with Crippen LogP contribution >= 0.6 is 23.2 Å². The Kier molecular flexibility index (Phi) is 11.5. The van der Waals surface area contributed by atoms with Crippen molar-refractivity contribution in [3.63, 3.8) is 0 Å². The van der Waals surface area contributed by atoms with Gasteiger partial charge >= 0.3 is 6.61 Å². The van der Waals surface area contributed by atoms with Gasteiger partial charge in [-0.25, -0.2) is 4.98 Å². The number of ether oxygens (including phenoxy) is 2. The van der Waals surface area contributed by atoms with Crippen LogP contribution in [0.4, 0.5) is 20.2 Å². The van der Waals surface area contributed by atoms with Crippen molar-refractivity contribution in [1.82, 2.24) is 9.97 Å². The second-order valence-electron chi connectivity index (χ2n) is 4.75. The summed E-state index contributed by atoms with van der Waals surface area (Å²) in [6.45, 7) is 0.721. The Morgan fingerprint density at radius 1 is 1.15 bits per heavy atom. The summed E-state index contributed by atoms with van der Waals surface area (Å²) < 4.78 is 32.3. The molecule has 0 aliphatic carbocycles. The van der Waals surface area contributed by atoms with Crippen LogP contribution in [0.25, 0.3) is 11.5 Å². The Labute approximate surface area is 185 Å². The molecule has 2 aromatic heterocycles. The van der Waals surface area contributed by atoms with E-state index in [0.29, 0.717) is 16.3 Å². The molecule has 2 heterocycles. The summed E-state index contributed by atoms with van der Waals surface area (Å²) in [5.41, 5.74) is 16.4. The molecule has 0 amide bonds. The Morgan fingerprint density at radius 2 is 1.77 bits per heavy atom. The minimum Gasteiger partial charge on any atom is -0.697 e. The van der Waals surface area contributed by atoms with Crippen molar-refractivity contribution in [1.29, 1.82) is 0 Å². The van der Waals surface area contributed by atoms with Crippen molar-refractivity contribution >= 4 is 34.6 Å². The molecule has 0 aliphatic rings. The molecule has 141 valence electrons. The van der Waals surface area contributed by atoms with Gasteiger partial charge < -0.3 is 20.9 Å². The van der Waals surface area contributed by atoms with Gasteiger partial charge in [0.1, 0.15) is 5.02 Å². The third-order valence-corrected chi connectivity index (χ3v) is 3.75. The molecule has 2 aromatic rings. The fourth-order valence-corrected chi connectivity index (χ4v) is 2.23. The molecule has 0 saturated carbocycles. The van der Waals surface area contributed by atoms with Gasteiger partial charge in [0, 0.05) is 52.2 Å². The van der Waals surface area contributed by atoms with Crippen LogP contribution in [0.2, 0.25) is 10.0 Å². The van der Waals surface area contributed by atoms with Crippen molar-refractivity contribution in [2.24, 2.45) is 0 Å². The fraction of sp³-hybridized carbons (Fsp3) is 0.333. The van der Waals surface area contributed by atoms with E-state index < -0.39 is 6.61 Å². The fourth-order valence-electron chi connectivity index (χ4n) is 1.71. The van der Waals surface area contributed by atoms with Gasteiger partial charge in [0.15, 0.2) is 0 Å². The van der Waals surface area contributed by atoms with Crippen LogP contribution < -0.4 is 4.74 Å². The number of nitrogens with zero attached hydrogens (tertiary/aromatic N) is 2. The molecule has 1 unspecified atom stereocenters. The average molecular weight is 482 g/mol. The molecule has 0 saturated heterocycles. The molecule has 0 aliphatic heterocycles. The van der Waals surface area contributed by atoms with Gasteiger partial charge in [-0.1, -0.05) is 29.3 Å². The van der Waals surface area contributed by atoms with E-state index in [4.69, 9.17) is 39.4 Å². The molecule has 6 nitrogen and oxygen atoms in total. The zero-order valence-electron chi connectivity index (χ0n) is 14.2. The topological polar surface area (TPSA) is 91.8 Å². The van der Waals surface area contributed by atoms with Crippen molar-refractivity contribution in [3.8, 4) is 5.88 Å². The van der Waals surface area contributed by atoms with E-state index in [2.05, 4.69) is 14.7 Å². The molecular formula is C15H16Cl2F2N4O2Y-2. The third kappa shape index (κ3) is 7.44. The van der Waals surface area contributed by atoms with Crippen LogP contribution in [0.3, 0.4) is 0 Å². The van der Waals surface area contributed by atoms with Crippen molar-refractivity contribution < 1.29 is 51.0 Å². The maximum atomic E-state index is 11.6. The molecule has 0 fully saturated rings.